The molecular weight excluding hydrogens is 825 g/mol. The van der Waals surface area contributed by atoms with Crippen LogP contribution in [0.15, 0.2) is 60.8 Å². The third-order valence-electron chi connectivity index (χ3n) is 11.6. The van der Waals surface area contributed by atoms with Crippen molar-refractivity contribution in [2.24, 2.45) is 0 Å². The second kappa shape index (κ2) is 20.3. The second-order valence-corrected chi connectivity index (χ2v) is 16.0. The van der Waals surface area contributed by atoms with Gasteiger partial charge >= 0.3 is 0 Å². The number of nitrogens with one attached hydrogen (secondary N) is 5. The number of hydrogen-bond donors (Lipinski definition) is 5. The molecular formula is C45H52N10O9. The zero-order valence-electron chi connectivity index (χ0n) is 35.7. The van der Waals surface area contributed by atoms with Crippen LogP contribution >= 0.6 is 0 Å². The SMILES string of the molecule is C[C@H]1CCCN1Cc1nc2ccc(NC(=O)c3ccc4c(cnn4CCNC(=O)CCOCCOCCOCCNc4cccc5c4C(=O)N(C4CCC(=O)NC4=O)C5=O)c3)cc2[nH]1. The molecule has 0 radical (unpaired) electrons. The predicted octanol–water partition coefficient (Wildman–Crippen LogP) is 3.22. The number of aromatic nitrogens is 4. The summed E-state index contributed by atoms with van der Waals surface area (Å²) in [6.45, 7) is 7.14. The van der Waals surface area contributed by atoms with Gasteiger partial charge in [0.15, 0.2) is 0 Å². The van der Waals surface area contributed by atoms with Gasteiger partial charge in [-0.1, -0.05) is 6.07 Å². The van der Waals surface area contributed by atoms with Gasteiger partial charge in [-0.15, -0.1) is 0 Å². The molecule has 0 bridgehead atoms. The molecule has 5 aromatic rings. The number of anilines is 2. The molecule has 3 aliphatic heterocycles. The number of ether oxygens (including phenoxy) is 3. The van der Waals surface area contributed by atoms with Gasteiger partial charge in [0.05, 0.1) is 86.6 Å². The Kier molecular flexibility index (Phi) is 14.0. The van der Waals surface area contributed by atoms with E-state index < -0.39 is 29.7 Å². The van der Waals surface area contributed by atoms with Crippen LogP contribution in [0.1, 0.15) is 75.9 Å². The minimum atomic E-state index is -1.03. The summed E-state index contributed by atoms with van der Waals surface area (Å²) in [5, 5.41) is 16.5. The van der Waals surface area contributed by atoms with E-state index in [1.807, 2.05) is 24.3 Å². The van der Waals surface area contributed by atoms with Crippen molar-refractivity contribution in [1.29, 1.82) is 0 Å². The summed E-state index contributed by atoms with van der Waals surface area (Å²) in [4.78, 5) is 87.3. The summed E-state index contributed by atoms with van der Waals surface area (Å²) in [5.41, 5.74) is 4.63. The molecule has 5 N–H and O–H groups in total. The third-order valence-corrected chi connectivity index (χ3v) is 11.6. The molecule has 2 fully saturated rings. The highest BCUT2D eigenvalue weighted by Crippen LogP contribution is 2.32. The number of aromatic amines is 1. The zero-order chi connectivity index (χ0) is 44.6. The fraction of sp³-hybridized carbons (Fsp3) is 0.422. The molecule has 336 valence electrons. The van der Waals surface area contributed by atoms with Gasteiger partial charge < -0.3 is 35.1 Å². The highest BCUT2D eigenvalue weighted by Gasteiger charge is 2.45. The molecule has 5 heterocycles. The van der Waals surface area contributed by atoms with E-state index in [2.05, 4.69) is 43.2 Å². The van der Waals surface area contributed by atoms with E-state index in [1.54, 1.807) is 41.2 Å². The molecule has 0 saturated carbocycles. The molecule has 2 atom stereocenters. The van der Waals surface area contributed by atoms with Gasteiger partial charge in [0, 0.05) is 54.3 Å². The lowest BCUT2D eigenvalue weighted by molar-refractivity contribution is -0.136. The molecule has 1 unspecified atom stereocenters. The molecule has 3 aliphatic rings. The van der Waals surface area contributed by atoms with Gasteiger partial charge in [-0.05, 0) is 81.3 Å². The van der Waals surface area contributed by atoms with Crippen molar-refractivity contribution in [2.75, 3.05) is 69.9 Å². The molecule has 0 aliphatic carbocycles. The molecule has 19 nitrogen and oxygen atoms in total. The van der Waals surface area contributed by atoms with Crippen molar-refractivity contribution in [3.8, 4) is 0 Å². The average molecular weight is 877 g/mol. The van der Waals surface area contributed by atoms with Gasteiger partial charge in [0.25, 0.3) is 17.7 Å². The number of rotatable bonds is 21. The highest BCUT2D eigenvalue weighted by molar-refractivity contribution is 6.25. The highest BCUT2D eigenvalue weighted by atomic mass is 16.5. The van der Waals surface area contributed by atoms with Crippen LogP contribution in [-0.4, -0.2) is 136 Å². The summed E-state index contributed by atoms with van der Waals surface area (Å²) in [6, 6.07) is 15.5. The van der Waals surface area contributed by atoms with Crippen LogP contribution in [0.4, 0.5) is 11.4 Å². The standard InChI is InChI=1S/C45H52N10O9/c1-28-4-3-16-53(28)27-38-50-33-9-8-31(25-35(33)51-38)49-42(58)29-7-10-36-30(24-29)26-48-54(36)17-14-47-39(56)13-18-62-20-22-64-23-21-63-19-15-46-34-6-2-5-32-41(34)45(61)55(44(32)60)37-11-12-40(57)52-43(37)59/h2,5-10,24-26,28,37,46H,3-4,11-23,27H2,1H3,(H,47,56)(H,49,58)(H,50,51)(H,52,57,59)/t28-,37?/m0/s1. The molecule has 64 heavy (non-hydrogen) atoms. The minimum Gasteiger partial charge on any atom is -0.382 e. The lowest BCUT2D eigenvalue weighted by Crippen LogP contribution is -2.54. The summed E-state index contributed by atoms with van der Waals surface area (Å²) in [7, 11) is 0. The van der Waals surface area contributed by atoms with E-state index in [-0.39, 0.29) is 48.8 Å². The predicted molar refractivity (Wildman–Crippen MR) is 235 cm³/mol. The molecule has 0 spiro atoms. The largest absolute Gasteiger partial charge is 0.382 e. The van der Waals surface area contributed by atoms with Gasteiger partial charge in [-0.3, -0.25) is 48.6 Å². The number of H-pyrrole nitrogens is 1. The van der Waals surface area contributed by atoms with E-state index in [0.717, 1.165) is 45.8 Å². The first-order valence-electron chi connectivity index (χ1n) is 21.7. The Morgan fingerprint density at radius 1 is 0.891 bits per heavy atom. The number of imidazole rings is 1. The number of nitrogens with zero attached hydrogens (tertiary/aromatic N) is 5. The van der Waals surface area contributed by atoms with Crippen LogP contribution in [0.25, 0.3) is 21.9 Å². The van der Waals surface area contributed by atoms with Crippen molar-refractivity contribution >= 4 is 68.8 Å². The maximum Gasteiger partial charge on any atom is 0.264 e. The minimum absolute atomic E-state index is 0.0522. The Morgan fingerprint density at radius 3 is 2.50 bits per heavy atom. The zero-order valence-corrected chi connectivity index (χ0v) is 35.7. The third kappa shape index (κ3) is 10.3. The summed E-state index contributed by atoms with van der Waals surface area (Å²) in [6.07, 6.45) is 4.46. The number of benzene rings is 3. The number of likely N-dealkylation sites (tertiary alicyclic amines) is 1. The summed E-state index contributed by atoms with van der Waals surface area (Å²) < 4.78 is 18.5. The first-order chi connectivity index (χ1) is 31.1. The van der Waals surface area contributed by atoms with Crippen LogP contribution in [0.3, 0.4) is 0 Å². The topological polar surface area (TPSA) is 231 Å². The van der Waals surface area contributed by atoms with Gasteiger partial charge in [0.2, 0.25) is 17.7 Å². The fourth-order valence-corrected chi connectivity index (χ4v) is 8.26. The Morgan fingerprint density at radius 2 is 1.70 bits per heavy atom. The van der Waals surface area contributed by atoms with Crippen molar-refractivity contribution in [3.63, 3.8) is 0 Å². The molecule has 6 amide bonds. The fourth-order valence-electron chi connectivity index (χ4n) is 8.26. The first-order valence-corrected chi connectivity index (χ1v) is 21.7. The monoisotopic (exact) mass is 876 g/mol. The maximum atomic E-state index is 13.2. The normalized spacial score (nSPS) is 17.7. The second-order valence-electron chi connectivity index (χ2n) is 16.0. The van der Waals surface area contributed by atoms with Crippen LogP contribution in [0.5, 0.6) is 0 Å². The van der Waals surface area contributed by atoms with E-state index in [1.165, 1.54) is 12.8 Å². The van der Waals surface area contributed by atoms with E-state index in [9.17, 15) is 28.8 Å². The number of hydrogen-bond acceptors (Lipinski definition) is 13. The molecule has 8 rings (SSSR count). The quantitative estimate of drug-likeness (QED) is 0.0528. The number of imide groups is 2. The Labute approximate surface area is 368 Å². The Bertz CT molecular complexity index is 2550. The molecule has 2 aromatic heterocycles. The molecule has 3 aromatic carbocycles. The summed E-state index contributed by atoms with van der Waals surface area (Å²) in [5.74, 6) is -1.67. The number of carbonyl (C=O) groups is 6. The first kappa shape index (κ1) is 44.1. The van der Waals surface area contributed by atoms with E-state index in [4.69, 9.17) is 19.2 Å². The number of piperidine rings is 1. The summed E-state index contributed by atoms with van der Waals surface area (Å²) >= 11 is 0. The number of fused-ring (bicyclic) bond motifs is 3. The Balaban J connectivity index is 0.665. The Hall–Kier alpha value is -6.54. The van der Waals surface area contributed by atoms with Gasteiger partial charge in [0.1, 0.15) is 11.9 Å². The average Bonchev–Trinajstić information content (AvgIpc) is 4.06. The number of amides is 6. The molecule has 2 saturated heterocycles. The van der Waals surface area contributed by atoms with E-state index in [0.29, 0.717) is 75.6 Å². The molecule has 19 heteroatoms. The van der Waals surface area contributed by atoms with Crippen molar-refractivity contribution < 1.29 is 43.0 Å². The van der Waals surface area contributed by atoms with E-state index >= 15 is 0 Å². The number of carbonyl (C=O) groups excluding carboxylic acids is 6. The smallest absolute Gasteiger partial charge is 0.264 e. The van der Waals surface area contributed by atoms with Crippen LogP contribution in [-0.2, 0) is 41.7 Å². The van der Waals surface area contributed by atoms with Crippen LogP contribution in [0.2, 0.25) is 0 Å². The lowest BCUT2D eigenvalue weighted by Gasteiger charge is -2.27. The van der Waals surface area contributed by atoms with Crippen LogP contribution < -0.4 is 21.3 Å². The van der Waals surface area contributed by atoms with Crippen molar-refractivity contribution in [2.45, 2.75) is 64.2 Å². The lowest BCUT2D eigenvalue weighted by atomic mass is 10.0. The maximum absolute atomic E-state index is 13.2. The van der Waals surface area contributed by atoms with Gasteiger partial charge in [-0.25, -0.2) is 4.98 Å². The van der Waals surface area contributed by atoms with Gasteiger partial charge in [-0.2, -0.15) is 5.10 Å². The van der Waals surface area contributed by atoms with Crippen molar-refractivity contribution in [1.82, 2.24) is 40.2 Å². The van der Waals surface area contributed by atoms with Crippen molar-refractivity contribution in [3.05, 3.63) is 83.3 Å². The van der Waals surface area contributed by atoms with Crippen LogP contribution in [0, 0.1) is 0 Å².